The fourth-order valence-electron chi connectivity index (χ4n) is 3.27. The number of hydrogen-bond acceptors (Lipinski definition) is 4. The van der Waals surface area contributed by atoms with Crippen molar-refractivity contribution in [1.29, 1.82) is 0 Å². The number of aromatic hydroxyl groups is 1. The largest absolute Gasteiger partial charge is 0.504 e. The van der Waals surface area contributed by atoms with Crippen molar-refractivity contribution in [2.45, 2.75) is 38.3 Å². The summed E-state index contributed by atoms with van der Waals surface area (Å²) in [6.07, 6.45) is 5.07. The number of ether oxygens (including phenoxy) is 1. The van der Waals surface area contributed by atoms with Crippen LogP contribution in [-0.2, 0) is 6.54 Å². The van der Waals surface area contributed by atoms with Crippen LogP contribution in [0.2, 0.25) is 0 Å². The molecule has 0 spiro atoms. The van der Waals surface area contributed by atoms with Gasteiger partial charge in [0.15, 0.2) is 11.5 Å². The minimum atomic E-state index is 0.191. The third-order valence-electron chi connectivity index (χ3n) is 4.41. The lowest BCUT2D eigenvalue weighted by atomic mass is 9.83. The average Bonchev–Trinajstić information content (AvgIpc) is 2.49. The van der Waals surface area contributed by atoms with E-state index < -0.39 is 0 Å². The zero-order chi connectivity index (χ0) is 14.5. The zero-order valence-corrected chi connectivity index (χ0v) is 12.5. The molecule has 1 aromatic rings. The van der Waals surface area contributed by atoms with Gasteiger partial charge in [-0.1, -0.05) is 18.9 Å². The highest BCUT2D eigenvalue weighted by Gasteiger charge is 2.27. The molecule has 0 aliphatic heterocycles. The van der Waals surface area contributed by atoms with E-state index in [9.17, 15) is 5.11 Å². The Morgan fingerprint density at radius 2 is 2.10 bits per heavy atom. The summed E-state index contributed by atoms with van der Waals surface area (Å²) < 4.78 is 5.17. The first-order valence-electron chi connectivity index (χ1n) is 7.42. The number of phenolic OH excluding ortho intramolecular Hbond substituents is 1. The maximum atomic E-state index is 9.64. The van der Waals surface area contributed by atoms with Gasteiger partial charge >= 0.3 is 0 Å². The number of rotatable bonds is 5. The highest BCUT2D eigenvalue weighted by atomic mass is 16.5. The van der Waals surface area contributed by atoms with Crippen molar-refractivity contribution in [3.63, 3.8) is 0 Å². The Bertz CT molecular complexity index is 436. The van der Waals surface area contributed by atoms with Crippen LogP contribution in [0, 0.1) is 5.92 Å². The molecule has 2 atom stereocenters. The number of nitrogens with two attached hydrogens (primary N) is 1. The SMILES string of the molecule is COc1cc(CN(C)C2CCCCC2CN)ccc1O. The smallest absolute Gasteiger partial charge is 0.160 e. The average molecular weight is 278 g/mol. The van der Waals surface area contributed by atoms with Crippen LogP contribution in [0.4, 0.5) is 0 Å². The third kappa shape index (κ3) is 3.44. The molecular formula is C16H26N2O2. The number of methoxy groups -OCH3 is 1. The second-order valence-electron chi connectivity index (χ2n) is 5.77. The standard InChI is InChI=1S/C16H26N2O2/c1-18(14-6-4-3-5-13(14)10-17)11-12-7-8-15(19)16(9-12)20-2/h7-9,13-14,19H,3-6,10-11,17H2,1-2H3. The lowest BCUT2D eigenvalue weighted by Crippen LogP contribution is -2.42. The number of phenols is 1. The van der Waals surface area contributed by atoms with Crippen LogP contribution in [0.5, 0.6) is 11.5 Å². The van der Waals surface area contributed by atoms with Crippen molar-refractivity contribution in [2.24, 2.45) is 11.7 Å². The van der Waals surface area contributed by atoms with E-state index in [1.54, 1.807) is 13.2 Å². The molecule has 20 heavy (non-hydrogen) atoms. The van der Waals surface area contributed by atoms with Crippen LogP contribution in [0.15, 0.2) is 18.2 Å². The predicted octanol–water partition coefficient (Wildman–Crippen LogP) is 2.35. The van der Waals surface area contributed by atoms with Crippen LogP contribution in [0.25, 0.3) is 0 Å². The minimum absolute atomic E-state index is 0.191. The van der Waals surface area contributed by atoms with Crippen LogP contribution in [-0.4, -0.2) is 36.8 Å². The summed E-state index contributed by atoms with van der Waals surface area (Å²) in [5.41, 5.74) is 7.07. The molecule has 0 radical (unpaired) electrons. The molecule has 1 aliphatic carbocycles. The molecule has 0 saturated heterocycles. The highest BCUT2D eigenvalue weighted by molar-refractivity contribution is 5.41. The van der Waals surface area contributed by atoms with Gasteiger partial charge in [0.2, 0.25) is 0 Å². The summed E-state index contributed by atoms with van der Waals surface area (Å²) in [6, 6.07) is 6.12. The summed E-state index contributed by atoms with van der Waals surface area (Å²) in [6.45, 7) is 1.63. The number of benzene rings is 1. The van der Waals surface area contributed by atoms with E-state index in [-0.39, 0.29) is 5.75 Å². The predicted molar refractivity (Wildman–Crippen MR) is 80.9 cm³/mol. The van der Waals surface area contributed by atoms with Crippen molar-refractivity contribution in [2.75, 3.05) is 20.7 Å². The Labute approximate surface area is 121 Å². The van der Waals surface area contributed by atoms with Crippen LogP contribution < -0.4 is 10.5 Å². The van der Waals surface area contributed by atoms with Crippen molar-refractivity contribution >= 4 is 0 Å². The van der Waals surface area contributed by atoms with Gasteiger partial charge in [0.25, 0.3) is 0 Å². The van der Waals surface area contributed by atoms with Gasteiger partial charge in [0.05, 0.1) is 7.11 Å². The molecule has 1 aromatic carbocycles. The molecule has 2 rings (SSSR count). The van der Waals surface area contributed by atoms with Crippen molar-refractivity contribution in [3.05, 3.63) is 23.8 Å². The molecule has 2 unspecified atom stereocenters. The van der Waals surface area contributed by atoms with E-state index in [1.807, 2.05) is 12.1 Å². The van der Waals surface area contributed by atoms with Gasteiger partial charge in [-0.15, -0.1) is 0 Å². The first-order valence-corrected chi connectivity index (χ1v) is 7.42. The van der Waals surface area contributed by atoms with Gasteiger partial charge in [-0.3, -0.25) is 4.90 Å². The Morgan fingerprint density at radius 1 is 1.35 bits per heavy atom. The molecule has 3 N–H and O–H groups in total. The van der Waals surface area contributed by atoms with E-state index in [4.69, 9.17) is 10.5 Å². The molecule has 0 heterocycles. The molecular weight excluding hydrogens is 252 g/mol. The van der Waals surface area contributed by atoms with Gasteiger partial charge in [-0.05, 0) is 50.0 Å². The molecule has 0 aromatic heterocycles. The van der Waals surface area contributed by atoms with E-state index in [1.165, 1.54) is 25.7 Å². The first kappa shape index (κ1) is 15.1. The monoisotopic (exact) mass is 278 g/mol. The lowest BCUT2D eigenvalue weighted by Gasteiger charge is -2.37. The molecule has 112 valence electrons. The van der Waals surface area contributed by atoms with Crippen LogP contribution in [0.1, 0.15) is 31.2 Å². The van der Waals surface area contributed by atoms with E-state index in [0.717, 1.165) is 18.7 Å². The van der Waals surface area contributed by atoms with Crippen LogP contribution in [0.3, 0.4) is 0 Å². The summed E-state index contributed by atoms with van der Waals surface area (Å²) >= 11 is 0. The molecule has 4 heteroatoms. The van der Waals surface area contributed by atoms with Gasteiger partial charge in [0.1, 0.15) is 0 Å². The topological polar surface area (TPSA) is 58.7 Å². The molecule has 4 nitrogen and oxygen atoms in total. The van der Waals surface area contributed by atoms with E-state index in [2.05, 4.69) is 11.9 Å². The zero-order valence-electron chi connectivity index (χ0n) is 12.5. The van der Waals surface area contributed by atoms with Gasteiger partial charge in [-0.25, -0.2) is 0 Å². The fourth-order valence-corrected chi connectivity index (χ4v) is 3.27. The molecule has 1 saturated carbocycles. The molecule has 1 fully saturated rings. The Morgan fingerprint density at radius 3 is 2.80 bits per heavy atom. The maximum absolute atomic E-state index is 9.64. The van der Waals surface area contributed by atoms with Crippen LogP contribution >= 0.6 is 0 Å². The third-order valence-corrected chi connectivity index (χ3v) is 4.41. The van der Waals surface area contributed by atoms with Crippen molar-refractivity contribution < 1.29 is 9.84 Å². The number of nitrogens with zero attached hydrogens (tertiary/aromatic N) is 1. The maximum Gasteiger partial charge on any atom is 0.160 e. The van der Waals surface area contributed by atoms with Crippen molar-refractivity contribution in [3.8, 4) is 11.5 Å². The second-order valence-corrected chi connectivity index (χ2v) is 5.77. The van der Waals surface area contributed by atoms with Gasteiger partial charge in [-0.2, -0.15) is 0 Å². The summed E-state index contributed by atoms with van der Waals surface area (Å²) in [4.78, 5) is 2.39. The van der Waals surface area contributed by atoms with E-state index >= 15 is 0 Å². The number of hydrogen-bond donors (Lipinski definition) is 2. The molecule has 0 amide bonds. The van der Waals surface area contributed by atoms with E-state index in [0.29, 0.717) is 17.7 Å². The normalized spacial score (nSPS) is 23.0. The van der Waals surface area contributed by atoms with Gasteiger partial charge < -0.3 is 15.6 Å². The van der Waals surface area contributed by atoms with Gasteiger partial charge in [0, 0.05) is 12.6 Å². The Kier molecular flexibility index (Phi) is 5.26. The molecule has 1 aliphatic rings. The quantitative estimate of drug-likeness (QED) is 0.868. The van der Waals surface area contributed by atoms with Crippen molar-refractivity contribution in [1.82, 2.24) is 4.90 Å². The minimum Gasteiger partial charge on any atom is -0.504 e. The fraction of sp³-hybridized carbons (Fsp3) is 0.625. The lowest BCUT2D eigenvalue weighted by molar-refractivity contribution is 0.127. The highest BCUT2D eigenvalue weighted by Crippen LogP contribution is 2.30. The Balaban J connectivity index is 2.04. The summed E-state index contributed by atoms with van der Waals surface area (Å²) in [5, 5.41) is 9.64. The summed E-state index contributed by atoms with van der Waals surface area (Å²) in [5.74, 6) is 1.33. The first-order chi connectivity index (χ1) is 9.65. The Hall–Kier alpha value is -1.26. The second kappa shape index (κ2) is 6.95. The summed E-state index contributed by atoms with van der Waals surface area (Å²) in [7, 11) is 3.74. The molecule has 0 bridgehead atoms.